The smallest absolute Gasteiger partial charge is 0.253 e. The van der Waals surface area contributed by atoms with Crippen LogP contribution in [0.4, 0.5) is 0 Å². The first kappa shape index (κ1) is 20.1. The molecule has 3 aromatic carbocycles. The van der Waals surface area contributed by atoms with E-state index in [9.17, 15) is 9.59 Å². The van der Waals surface area contributed by atoms with Crippen molar-refractivity contribution in [3.8, 4) is 0 Å². The number of amides is 2. The Morgan fingerprint density at radius 1 is 0.735 bits per heavy atom. The Morgan fingerprint density at radius 2 is 1.26 bits per heavy atom. The van der Waals surface area contributed by atoms with E-state index in [2.05, 4.69) is 37.4 Å². The lowest BCUT2D eigenvalue weighted by Crippen LogP contribution is -2.44. The molecule has 4 atom stereocenters. The molecule has 0 radical (unpaired) electrons. The first-order valence-electron chi connectivity index (χ1n) is 11.6. The number of carbonyl (C=O) groups excluding carboxylic acids is 2. The molecule has 1 N–H and O–H groups in total. The van der Waals surface area contributed by atoms with Gasteiger partial charge in [0.05, 0.1) is 0 Å². The molecular weight excluding hydrogens is 494 g/mol. The Labute approximate surface area is 207 Å². The summed E-state index contributed by atoms with van der Waals surface area (Å²) in [5.41, 5.74) is 2.88. The molecule has 1 saturated carbocycles. The highest BCUT2D eigenvalue weighted by atomic mass is 79.9. The summed E-state index contributed by atoms with van der Waals surface area (Å²) in [6, 6.07) is 17.5. The predicted molar refractivity (Wildman–Crippen MR) is 136 cm³/mol. The van der Waals surface area contributed by atoms with E-state index in [1.807, 2.05) is 58.3 Å². The number of hydrogen-bond donors (Lipinski definition) is 1. The molecule has 3 heterocycles. The van der Waals surface area contributed by atoms with Gasteiger partial charge < -0.3 is 9.80 Å². The molecule has 1 aromatic heterocycles. The fraction of sp³-hybridized carbons (Fsp3) is 0.308. The van der Waals surface area contributed by atoms with E-state index in [1.54, 1.807) is 0 Å². The summed E-state index contributed by atoms with van der Waals surface area (Å²) in [5.74, 6) is 2.12. The topological polar surface area (TPSA) is 82.2 Å². The first-order chi connectivity index (χ1) is 16.5. The number of H-pyrrole nitrogens is 1. The number of rotatable bonds is 2. The second kappa shape index (κ2) is 7.37. The van der Waals surface area contributed by atoms with Crippen LogP contribution >= 0.6 is 15.9 Å². The fourth-order valence-electron chi connectivity index (χ4n) is 6.39. The van der Waals surface area contributed by atoms with Crippen LogP contribution in [0.3, 0.4) is 0 Å². The van der Waals surface area contributed by atoms with E-state index in [1.165, 1.54) is 0 Å². The number of nitrogens with one attached hydrogen (secondary N) is 1. The highest BCUT2D eigenvalue weighted by Crippen LogP contribution is 2.54. The van der Waals surface area contributed by atoms with Crippen molar-refractivity contribution in [2.24, 2.45) is 23.7 Å². The van der Waals surface area contributed by atoms with Crippen molar-refractivity contribution in [2.75, 3.05) is 26.2 Å². The molecule has 34 heavy (non-hydrogen) atoms. The van der Waals surface area contributed by atoms with Crippen molar-refractivity contribution in [3.63, 3.8) is 0 Å². The minimum Gasteiger partial charge on any atom is -0.338 e. The molecule has 7 rings (SSSR count). The molecule has 2 aliphatic heterocycles. The summed E-state index contributed by atoms with van der Waals surface area (Å²) in [6.07, 6.45) is 0. The van der Waals surface area contributed by atoms with Gasteiger partial charge in [-0.05, 0) is 76.9 Å². The molecule has 7 nitrogen and oxygen atoms in total. The Balaban J connectivity index is 0.00000133. The van der Waals surface area contributed by atoms with Gasteiger partial charge in [0.15, 0.2) is 0 Å². The van der Waals surface area contributed by atoms with Crippen molar-refractivity contribution < 1.29 is 12.4 Å². The first-order valence-corrected chi connectivity index (χ1v) is 12.4. The number of halogens is 1. The highest BCUT2D eigenvalue weighted by molar-refractivity contribution is 9.10. The van der Waals surface area contributed by atoms with Crippen LogP contribution in [0.1, 0.15) is 23.6 Å². The number of nitrogens with zero attached hydrogens (tertiary/aromatic N) is 4. The number of benzene rings is 3. The average molecular weight is 520 g/mol. The minimum absolute atomic E-state index is 0. The number of hydrogen-bond acceptors (Lipinski definition) is 4. The van der Waals surface area contributed by atoms with E-state index < -0.39 is 0 Å². The molecule has 0 bridgehead atoms. The second-order valence-electron chi connectivity index (χ2n) is 9.81. The summed E-state index contributed by atoms with van der Waals surface area (Å²) in [6.45, 7) is 3.12. The van der Waals surface area contributed by atoms with E-state index in [0.29, 0.717) is 34.8 Å². The van der Waals surface area contributed by atoms with Gasteiger partial charge >= 0.3 is 0 Å². The van der Waals surface area contributed by atoms with Gasteiger partial charge in [0.25, 0.3) is 11.8 Å². The maximum Gasteiger partial charge on any atom is 0.253 e. The van der Waals surface area contributed by atoms with Crippen LogP contribution in [-0.4, -0.2) is 63.2 Å². The van der Waals surface area contributed by atoms with Crippen molar-refractivity contribution in [3.05, 3.63) is 70.2 Å². The van der Waals surface area contributed by atoms with Gasteiger partial charge in [-0.3, -0.25) is 9.59 Å². The van der Waals surface area contributed by atoms with Gasteiger partial charge in [0, 0.05) is 44.6 Å². The molecule has 2 unspecified atom stereocenters. The van der Waals surface area contributed by atoms with Crippen LogP contribution in [0.2, 0.25) is 0 Å². The largest absolute Gasteiger partial charge is 0.338 e. The SMILES string of the molecule is O=C(c1ccc2cc(Br)ccc2c1)N1CC2C(C1)[C@@H]1CN(C(=O)c3ccc4n[nH]nc4c3)C[C@H]21.[HH].[HH]. The molecular formula is C26H26BrN5O2. The molecule has 3 aliphatic rings. The summed E-state index contributed by atoms with van der Waals surface area (Å²) in [5, 5.41) is 13.0. The lowest BCUT2D eigenvalue weighted by molar-refractivity contribution is 0.0629. The third-order valence-electron chi connectivity index (χ3n) is 8.11. The standard InChI is InChI=1S/C26H22BrN5O2.2H2/c27-18-5-3-14-7-16(2-1-15(14)8-18)25(33)31-10-19-20(11-31)22-13-32(12-21(19)22)26(34)17-4-6-23-24(9-17)29-30-28-23;;/h1-9,19-22H,10-13H2,(H,28,29,30);2*1H/t19?,20?,21-,22+;;. The van der Waals surface area contributed by atoms with Crippen molar-refractivity contribution in [1.82, 2.24) is 25.2 Å². The van der Waals surface area contributed by atoms with Crippen LogP contribution < -0.4 is 0 Å². The van der Waals surface area contributed by atoms with Gasteiger partial charge in [0.1, 0.15) is 11.0 Å². The zero-order valence-corrected chi connectivity index (χ0v) is 19.9. The van der Waals surface area contributed by atoms with Gasteiger partial charge in [0.2, 0.25) is 0 Å². The molecule has 8 heteroatoms. The minimum atomic E-state index is 0. The summed E-state index contributed by atoms with van der Waals surface area (Å²) in [4.78, 5) is 30.4. The van der Waals surface area contributed by atoms with Crippen LogP contribution in [0.15, 0.2) is 59.1 Å². The van der Waals surface area contributed by atoms with Crippen LogP contribution in [0, 0.1) is 23.7 Å². The van der Waals surface area contributed by atoms with Crippen LogP contribution in [-0.2, 0) is 0 Å². The van der Waals surface area contributed by atoms with Gasteiger partial charge in [-0.15, -0.1) is 0 Å². The van der Waals surface area contributed by atoms with E-state index in [-0.39, 0.29) is 14.7 Å². The zero-order chi connectivity index (χ0) is 23.0. The molecule has 1 aliphatic carbocycles. The fourth-order valence-corrected chi connectivity index (χ4v) is 6.77. The normalized spacial score (nSPS) is 25.4. The Bertz CT molecular complexity index is 1470. The Hall–Kier alpha value is -3.26. The second-order valence-corrected chi connectivity index (χ2v) is 10.7. The lowest BCUT2D eigenvalue weighted by Gasteiger charge is -2.42. The lowest BCUT2D eigenvalue weighted by atomic mass is 9.60. The van der Waals surface area contributed by atoms with E-state index in [0.717, 1.165) is 52.5 Å². The number of aromatic nitrogens is 3. The molecule has 174 valence electrons. The maximum absolute atomic E-state index is 13.3. The van der Waals surface area contributed by atoms with Crippen LogP contribution in [0.25, 0.3) is 21.8 Å². The van der Waals surface area contributed by atoms with Gasteiger partial charge in [-0.25, -0.2) is 0 Å². The van der Waals surface area contributed by atoms with Crippen LogP contribution in [0.5, 0.6) is 0 Å². The average Bonchev–Trinajstić information content (AvgIpc) is 3.56. The predicted octanol–water partition coefficient (Wildman–Crippen LogP) is 4.46. The monoisotopic (exact) mass is 519 g/mol. The molecule has 4 aromatic rings. The molecule has 0 spiro atoms. The third kappa shape index (κ3) is 3.01. The maximum atomic E-state index is 13.3. The van der Waals surface area contributed by atoms with E-state index >= 15 is 0 Å². The molecule has 2 saturated heterocycles. The van der Waals surface area contributed by atoms with Gasteiger partial charge in [-0.1, -0.05) is 28.1 Å². The van der Waals surface area contributed by atoms with Gasteiger partial charge in [-0.2, -0.15) is 15.4 Å². The highest BCUT2D eigenvalue weighted by Gasteiger charge is 2.59. The van der Waals surface area contributed by atoms with E-state index in [4.69, 9.17) is 0 Å². The third-order valence-corrected chi connectivity index (χ3v) is 8.60. The number of fused-ring (bicyclic) bond motifs is 6. The number of aromatic amines is 1. The van der Waals surface area contributed by atoms with Crippen molar-refractivity contribution in [1.29, 1.82) is 0 Å². The Kier molecular flexibility index (Phi) is 4.37. The summed E-state index contributed by atoms with van der Waals surface area (Å²) in [7, 11) is 0. The zero-order valence-electron chi connectivity index (χ0n) is 18.3. The summed E-state index contributed by atoms with van der Waals surface area (Å²) < 4.78 is 1.04. The number of carbonyl (C=O) groups is 2. The van der Waals surface area contributed by atoms with Crippen molar-refractivity contribution >= 4 is 49.6 Å². The summed E-state index contributed by atoms with van der Waals surface area (Å²) >= 11 is 3.51. The number of likely N-dealkylation sites (tertiary alicyclic amines) is 2. The molecule has 3 fully saturated rings. The molecule has 2 amide bonds. The quantitative estimate of drug-likeness (QED) is 0.423. The van der Waals surface area contributed by atoms with Crippen molar-refractivity contribution in [2.45, 2.75) is 0 Å². The Morgan fingerprint density at radius 3 is 1.94 bits per heavy atom.